The Kier molecular flexibility index (Phi) is 1.60. The van der Waals surface area contributed by atoms with Gasteiger partial charge in [0, 0.05) is 12.6 Å². The third-order valence-corrected chi connectivity index (χ3v) is 2.21. The van der Waals surface area contributed by atoms with Gasteiger partial charge >= 0.3 is 0 Å². The largest absolute Gasteiger partial charge is 0.478 e. The third-order valence-electron chi connectivity index (χ3n) is 2.21. The van der Waals surface area contributed by atoms with E-state index in [1.807, 2.05) is 0 Å². The molecule has 0 aromatic carbocycles. The minimum absolute atomic E-state index is 0.512. The summed E-state index contributed by atoms with van der Waals surface area (Å²) in [5.74, 6) is 0.971. The van der Waals surface area contributed by atoms with Crippen LogP contribution in [0.2, 0.25) is 0 Å². The van der Waals surface area contributed by atoms with Crippen LogP contribution in [0.4, 0.5) is 0 Å². The van der Waals surface area contributed by atoms with Crippen molar-refractivity contribution < 1.29 is 4.74 Å². The molecule has 1 fully saturated rings. The average Bonchev–Trinajstić information content (AvgIpc) is 2.60. The van der Waals surface area contributed by atoms with Crippen molar-refractivity contribution in [1.29, 1.82) is 0 Å². The predicted octanol–water partition coefficient (Wildman–Crippen LogP) is 0.508. The Morgan fingerprint density at radius 2 is 2.45 bits per heavy atom. The molecular formula is C8H14N2O. The second kappa shape index (κ2) is 2.48. The molecule has 11 heavy (non-hydrogen) atoms. The van der Waals surface area contributed by atoms with Crippen molar-refractivity contribution in [3.8, 4) is 0 Å². The second-order valence-electron chi connectivity index (χ2n) is 3.37. The molecule has 3 heteroatoms. The quantitative estimate of drug-likeness (QED) is 0.541. The SMILES string of the molecule is CC(C)N1CC1C1=NCCO1. The van der Waals surface area contributed by atoms with E-state index < -0.39 is 0 Å². The van der Waals surface area contributed by atoms with Gasteiger partial charge in [-0.2, -0.15) is 0 Å². The summed E-state index contributed by atoms with van der Waals surface area (Å²) in [6.07, 6.45) is 0. The molecule has 0 bridgehead atoms. The van der Waals surface area contributed by atoms with Crippen LogP contribution in [-0.2, 0) is 4.74 Å². The smallest absolute Gasteiger partial charge is 0.202 e. The maximum absolute atomic E-state index is 5.37. The van der Waals surface area contributed by atoms with Gasteiger partial charge < -0.3 is 4.74 Å². The molecule has 2 unspecified atom stereocenters. The molecule has 0 N–H and O–H groups in total. The maximum atomic E-state index is 5.37. The monoisotopic (exact) mass is 154 g/mol. The van der Waals surface area contributed by atoms with E-state index in [9.17, 15) is 0 Å². The zero-order chi connectivity index (χ0) is 7.84. The molecule has 2 rings (SSSR count). The van der Waals surface area contributed by atoms with Crippen LogP contribution in [0.3, 0.4) is 0 Å². The molecule has 2 heterocycles. The Morgan fingerprint density at radius 1 is 1.64 bits per heavy atom. The summed E-state index contributed by atoms with van der Waals surface area (Å²) in [4.78, 5) is 6.66. The van der Waals surface area contributed by atoms with Crippen LogP contribution in [0.25, 0.3) is 0 Å². The highest BCUT2D eigenvalue weighted by Gasteiger charge is 2.42. The van der Waals surface area contributed by atoms with Crippen LogP contribution in [0.1, 0.15) is 13.8 Å². The van der Waals surface area contributed by atoms with Crippen molar-refractivity contribution in [3.63, 3.8) is 0 Å². The Bertz CT molecular complexity index is 189. The first-order valence-electron chi connectivity index (χ1n) is 4.22. The fourth-order valence-electron chi connectivity index (χ4n) is 1.50. The standard InChI is InChI=1S/C8H14N2O/c1-6(2)10-5-7(10)8-9-3-4-11-8/h6-7H,3-5H2,1-2H3. The van der Waals surface area contributed by atoms with Crippen molar-refractivity contribution in [2.24, 2.45) is 4.99 Å². The van der Waals surface area contributed by atoms with Gasteiger partial charge in [0.05, 0.1) is 12.6 Å². The van der Waals surface area contributed by atoms with E-state index in [0.717, 1.165) is 25.6 Å². The molecule has 0 radical (unpaired) electrons. The molecule has 0 aromatic rings. The molecule has 3 nitrogen and oxygen atoms in total. The summed E-state index contributed by atoms with van der Waals surface area (Å²) < 4.78 is 5.37. The Hall–Kier alpha value is -0.570. The second-order valence-corrected chi connectivity index (χ2v) is 3.37. The Morgan fingerprint density at radius 3 is 2.91 bits per heavy atom. The lowest BCUT2D eigenvalue weighted by Gasteiger charge is -2.06. The molecule has 2 atom stereocenters. The van der Waals surface area contributed by atoms with Crippen LogP contribution < -0.4 is 0 Å². The highest BCUT2D eigenvalue weighted by Crippen LogP contribution is 2.24. The summed E-state index contributed by atoms with van der Waals surface area (Å²) in [6.45, 7) is 7.19. The topological polar surface area (TPSA) is 24.6 Å². The number of rotatable bonds is 2. The molecular weight excluding hydrogens is 140 g/mol. The van der Waals surface area contributed by atoms with Crippen molar-refractivity contribution in [3.05, 3.63) is 0 Å². The molecule has 0 aliphatic carbocycles. The van der Waals surface area contributed by atoms with Crippen molar-refractivity contribution >= 4 is 5.90 Å². The lowest BCUT2D eigenvalue weighted by atomic mass is 10.4. The maximum Gasteiger partial charge on any atom is 0.202 e. The molecule has 1 saturated heterocycles. The molecule has 0 saturated carbocycles. The average molecular weight is 154 g/mol. The van der Waals surface area contributed by atoms with E-state index in [4.69, 9.17) is 4.74 Å². The summed E-state index contributed by atoms with van der Waals surface area (Å²) >= 11 is 0. The number of hydrogen-bond acceptors (Lipinski definition) is 3. The number of nitrogens with zero attached hydrogens (tertiary/aromatic N) is 2. The minimum Gasteiger partial charge on any atom is -0.478 e. The number of aliphatic imine (C=N–C) groups is 1. The summed E-state index contributed by atoms with van der Waals surface area (Å²) in [5.41, 5.74) is 0. The minimum atomic E-state index is 0.512. The van der Waals surface area contributed by atoms with Gasteiger partial charge in [-0.15, -0.1) is 0 Å². The Labute approximate surface area is 67.1 Å². The van der Waals surface area contributed by atoms with Gasteiger partial charge in [-0.3, -0.25) is 9.89 Å². The molecule has 62 valence electrons. The summed E-state index contributed by atoms with van der Waals surface area (Å²) in [6, 6.07) is 1.14. The fourth-order valence-corrected chi connectivity index (χ4v) is 1.50. The predicted molar refractivity (Wildman–Crippen MR) is 43.9 cm³/mol. The summed E-state index contributed by atoms with van der Waals surface area (Å²) in [5, 5.41) is 0. The van der Waals surface area contributed by atoms with Crippen molar-refractivity contribution in [2.75, 3.05) is 19.7 Å². The zero-order valence-electron chi connectivity index (χ0n) is 7.08. The lowest BCUT2D eigenvalue weighted by molar-refractivity contribution is 0.328. The normalized spacial score (nSPS) is 35.4. The first kappa shape index (κ1) is 7.10. The Balaban J connectivity index is 1.90. The van der Waals surface area contributed by atoms with E-state index in [0.29, 0.717) is 12.1 Å². The molecule has 2 aliphatic heterocycles. The van der Waals surface area contributed by atoms with Crippen LogP contribution in [0, 0.1) is 0 Å². The molecule has 0 aromatic heterocycles. The van der Waals surface area contributed by atoms with E-state index in [-0.39, 0.29) is 0 Å². The van der Waals surface area contributed by atoms with Crippen LogP contribution in [0.15, 0.2) is 4.99 Å². The van der Waals surface area contributed by atoms with Crippen molar-refractivity contribution in [1.82, 2.24) is 4.90 Å². The van der Waals surface area contributed by atoms with E-state index >= 15 is 0 Å². The van der Waals surface area contributed by atoms with Crippen LogP contribution >= 0.6 is 0 Å². The van der Waals surface area contributed by atoms with Crippen LogP contribution in [-0.4, -0.2) is 42.6 Å². The van der Waals surface area contributed by atoms with E-state index in [1.54, 1.807) is 0 Å². The fraction of sp³-hybridized carbons (Fsp3) is 0.875. The van der Waals surface area contributed by atoms with Gasteiger partial charge in [0.25, 0.3) is 0 Å². The van der Waals surface area contributed by atoms with Gasteiger partial charge in [0.1, 0.15) is 6.61 Å². The third kappa shape index (κ3) is 1.25. The lowest BCUT2D eigenvalue weighted by Crippen LogP contribution is -2.18. The van der Waals surface area contributed by atoms with Crippen molar-refractivity contribution in [2.45, 2.75) is 25.9 Å². The summed E-state index contributed by atoms with van der Waals surface area (Å²) in [7, 11) is 0. The van der Waals surface area contributed by atoms with Gasteiger partial charge in [-0.05, 0) is 13.8 Å². The van der Waals surface area contributed by atoms with E-state index in [1.165, 1.54) is 0 Å². The molecule has 0 spiro atoms. The van der Waals surface area contributed by atoms with E-state index in [2.05, 4.69) is 23.7 Å². The van der Waals surface area contributed by atoms with Gasteiger partial charge in [-0.25, -0.2) is 0 Å². The first-order chi connectivity index (χ1) is 5.29. The highest BCUT2D eigenvalue weighted by molar-refractivity contribution is 5.85. The number of hydrogen-bond donors (Lipinski definition) is 0. The zero-order valence-corrected chi connectivity index (χ0v) is 7.08. The van der Waals surface area contributed by atoms with Crippen LogP contribution in [0.5, 0.6) is 0 Å². The molecule has 0 amide bonds. The first-order valence-corrected chi connectivity index (χ1v) is 4.22. The van der Waals surface area contributed by atoms with Gasteiger partial charge in [0.15, 0.2) is 0 Å². The highest BCUT2D eigenvalue weighted by atomic mass is 16.5. The van der Waals surface area contributed by atoms with Gasteiger partial charge in [-0.1, -0.05) is 0 Å². The molecule has 2 aliphatic rings. The van der Waals surface area contributed by atoms with Gasteiger partial charge in [0.2, 0.25) is 5.90 Å². The number of ether oxygens (including phenoxy) is 1.